The van der Waals surface area contributed by atoms with E-state index in [2.05, 4.69) is 15.3 Å². The standard InChI is InChI=1S/C20H18N4O3/c1-13(14-6-8-15(9-7-14)24-10-11-27-20(24)26)22-19(25)18-12-21-16-4-2-3-5-17(16)23-18/h2-9,12-13H,10-11H2,1H3,(H,22,25). The summed E-state index contributed by atoms with van der Waals surface area (Å²) in [5.41, 5.74) is 3.41. The lowest BCUT2D eigenvalue weighted by molar-refractivity contribution is 0.0935. The summed E-state index contributed by atoms with van der Waals surface area (Å²) in [4.78, 5) is 34.3. The molecule has 3 aromatic rings. The maximum Gasteiger partial charge on any atom is 0.414 e. The van der Waals surface area contributed by atoms with E-state index in [1.54, 1.807) is 4.90 Å². The molecule has 0 aliphatic carbocycles. The zero-order valence-corrected chi connectivity index (χ0v) is 14.8. The van der Waals surface area contributed by atoms with Crippen LogP contribution in [0.5, 0.6) is 0 Å². The van der Waals surface area contributed by atoms with Gasteiger partial charge in [-0.1, -0.05) is 24.3 Å². The average molecular weight is 362 g/mol. The molecule has 4 rings (SSSR count). The molecule has 1 aliphatic rings. The maximum absolute atomic E-state index is 12.5. The van der Waals surface area contributed by atoms with Gasteiger partial charge in [-0.15, -0.1) is 0 Å². The number of aromatic nitrogens is 2. The second kappa shape index (κ2) is 7.03. The van der Waals surface area contributed by atoms with Crippen molar-refractivity contribution in [2.45, 2.75) is 13.0 Å². The van der Waals surface area contributed by atoms with Crippen LogP contribution < -0.4 is 10.2 Å². The summed E-state index contributed by atoms with van der Waals surface area (Å²) in [6.45, 7) is 2.84. The van der Waals surface area contributed by atoms with E-state index in [1.165, 1.54) is 6.20 Å². The van der Waals surface area contributed by atoms with Gasteiger partial charge in [0.25, 0.3) is 5.91 Å². The number of fused-ring (bicyclic) bond motifs is 1. The van der Waals surface area contributed by atoms with Gasteiger partial charge in [0, 0.05) is 5.69 Å². The number of ether oxygens (including phenoxy) is 1. The topological polar surface area (TPSA) is 84.4 Å². The second-order valence-corrected chi connectivity index (χ2v) is 6.30. The minimum Gasteiger partial charge on any atom is -0.447 e. The van der Waals surface area contributed by atoms with Gasteiger partial charge in [0.15, 0.2) is 0 Å². The monoisotopic (exact) mass is 362 g/mol. The molecule has 1 fully saturated rings. The summed E-state index contributed by atoms with van der Waals surface area (Å²) in [5, 5.41) is 2.93. The lowest BCUT2D eigenvalue weighted by Crippen LogP contribution is -2.28. The lowest BCUT2D eigenvalue weighted by atomic mass is 10.1. The largest absolute Gasteiger partial charge is 0.447 e. The van der Waals surface area contributed by atoms with Crippen molar-refractivity contribution in [2.24, 2.45) is 0 Å². The summed E-state index contributed by atoms with van der Waals surface area (Å²) >= 11 is 0. The summed E-state index contributed by atoms with van der Waals surface area (Å²) in [6, 6.07) is 14.7. The molecular weight excluding hydrogens is 344 g/mol. The van der Waals surface area contributed by atoms with Crippen molar-refractivity contribution < 1.29 is 14.3 Å². The lowest BCUT2D eigenvalue weighted by Gasteiger charge is -2.17. The van der Waals surface area contributed by atoms with Gasteiger partial charge < -0.3 is 10.1 Å². The van der Waals surface area contributed by atoms with E-state index in [0.29, 0.717) is 18.7 Å². The highest BCUT2D eigenvalue weighted by Crippen LogP contribution is 2.22. The molecule has 0 saturated carbocycles. The van der Waals surface area contributed by atoms with Crippen LogP contribution in [-0.2, 0) is 4.74 Å². The van der Waals surface area contributed by atoms with Crippen LogP contribution in [-0.4, -0.2) is 35.1 Å². The van der Waals surface area contributed by atoms with E-state index in [-0.39, 0.29) is 23.7 Å². The van der Waals surface area contributed by atoms with Gasteiger partial charge in [-0.2, -0.15) is 0 Å². The first-order valence-corrected chi connectivity index (χ1v) is 8.69. The molecule has 2 amide bonds. The maximum atomic E-state index is 12.5. The molecule has 2 heterocycles. The molecule has 7 nitrogen and oxygen atoms in total. The molecule has 1 saturated heterocycles. The number of nitrogens with zero attached hydrogens (tertiary/aromatic N) is 3. The summed E-state index contributed by atoms with van der Waals surface area (Å²) in [6.07, 6.45) is 1.14. The number of cyclic esters (lactones) is 1. The van der Waals surface area contributed by atoms with E-state index in [0.717, 1.165) is 16.8 Å². The minimum absolute atomic E-state index is 0.217. The Bertz CT molecular complexity index is 1000. The molecule has 7 heteroatoms. The third kappa shape index (κ3) is 3.44. The fourth-order valence-electron chi connectivity index (χ4n) is 2.99. The van der Waals surface area contributed by atoms with Gasteiger partial charge in [-0.3, -0.25) is 14.7 Å². The number of para-hydroxylation sites is 2. The Morgan fingerprint density at radius 3 is 2.59 bits per heavy atom. The van der Waals surface area contributed by atoms with Gasteiger partial charge in [0.2, 0.25) is 0 Å². The van der Waals surface area contributed by atoms with Crippen molar-refractivity contribution in [2.75, 3.05) is 18.1 Å². The van der Waals surface area contributed by atoms with Crippen molar-refractivity contribution in [3.05, 3.63) is 66.0 Å². The SMILES string of the molecule is CC(NC(=O)c1cnc2ccccc2n1)c1ccc(N2CCOC2=O)cc1. The van der Waals surface area contributed by atoms with E-state index < -0.39 is 0 Å². The Morgan fingerprint density at radius 2 is 1.89 bits per heavy atom. The third-order valence-electron chi connectivity index (χ3n) is 4.49. The number of amides is 2. The van der Waals surface area contributed by atoms with Gasteiger partial charge in [0.05, 0.1) is 29.8 Å². The van der Waals surface area contributed by atoms with Crippen molar-refractivity contribution in [1.82, 2.24) is 15.3 Å². The number of carbonyl (C=O) groups excluding carboxylic acids is 2. The van der Waals surface area contributed by atoms with Crippen molar-refractivity contribution in [1.29, 1.82) is 0 Å². The Labute approximate surface area is 156 Å². The first-order valence-electron chi connectivity index (χ1n) is 8.69. The third-order valence-corrected chi connectivity index (χ3v) is 4.49. The van der Waals surface area contributed by atoms with Gasteiger partial charge in [0.1, 0.15) is 12.3 Å². The molecule has 1 aliphatic heterocycles. The Balaban J connectivity index is 1.46. The molecule has 0 radical (unpaired) electrons. The molecule has 1 aromatic heterocycles. The van der Waals surface area contributed by atoms with E-state index in [9.17, 15) is 9.59 Å². The predicted molar refractivity (Wildman–Crippen MR) is 101 cm³/mol. The van der Waals surface area contributed by atoms with Gasteiger partial charge >= 0.3 is 6.09 Å². The normalized spacial score (nSPS) is 14.9. The number of nitrogens with one attached hydrogen (secondary N) is 1. The molecular formula is C20H18N4O3. The van der Waals surface area contributed by atoms with Crippen LogP contribution in [0.25, 0.3) is 11.0 Å². The highest BCUT2D eigenvalue weighted by Gasteiger charge is 2.23. The Kier molecular flexibility index (Phi) is 4.42. The zero-order valence-electron chi connectivity index (χ0n) is 14.8. The first kappa shape index (κ1) is 17.0. The molecule has 0 spiro atoms. The van der Waals surface area contributed by atoms with E-state index in [1.807, 2.05) is 55.5 Å². The molecule has 1 atom stereocenters. The number of benzene rings is 2. The number of carbonyl (C=O) groups is 2. The quantitative estimate of drug-likeness (QED) is 0.771. The van der Waals surface area contributed by atoms with E-state index >= 15 is 0 Å². The van der Waals surface area contributed by atoms with Crippen LogP contribution in [0.15, 0.2) is 54.7 Å². The Morgan fingerprint density at radius 1 is 1.15 bits per heavy atom. The fourth-order valence-corrected chi connectivity index (χ4v) is 2.99. The van der Waals surface area contributed by atoms with Crippen LogP contribution in [0.4, 0.5) is 10.5 Å². The summed E-state index contributed by atoms with van der Waals surface area (Å²) < 4.78 is 4.95. The minimum atomic E-state index is -0.334. The number of hydrogen-bond donors (Lipinski definition) is 1. The smallest absolute Gasteiger partial charge is 0.414 e. The first-order chi connectivity index (χ1) is 13.1. The number of anilines is 1. The number of hydrogen-bond acceptors (Lipinski definition) is 5. The van der Waals surface area contributed by atoms with Gasteiger partial charge in [-0.05, 0) is 36.8 Å². The molecule has 1 unspecified atom stereocenters. The highest BCUT2D eigenvalue weighted by molar-refractivity contribution is 5.94. The zero-order chi connectivity index (χ0) is 18.8. The van der Waals surface area contributed by atoms with Crippen molar-refractivity contribution >= 4 is 28.7 Å². The van der Waals surface area contributed by atoms with Gasteiger partial charge in [-0.25, -0.2) is 9.78 Å². The molecule has 27 heavy (non-hydrogen) atoms. The summed E-state index contributed by atoms with van der Waals surface area (Å²) in [7, 11) is 0. The van der Waals surface area contributed by atoms with Crippen LogP contribution in [0, 0.1) is 0 Å². The van der Waals surface area contributed by atoms with Crippen molar-refractivity contribution in [3.63, 3.8) is 0 Å². The molecule has 1 N–H and O–H groups in total. The second-order valence-electron chi connectivity index (χ2n) is 6.30. The van der Waals surface area contributed by atoms with E-state index in [4.69, 9.17) is 4.74 Å². The molecule has 2 aromatic carbocycles. The highest BCUT2D eigenvalue weighted by atomic mass is 16.6. The van der Waals surface area contributed by atoms with Crippen LogP contribution in [0.3, 0.4) is 0 Å². The van der Waals surface area contributed by atoms with Crippen LogP contribution in [0.2, 0.25) is 0 Å². The van der Waals surface area contributed by atoms with Crippen molar-refractivity contribution in [3.8, 4) is 0 Å². The Hall–Kier alpha value is -3.48. The number of rotatable bonds is 4. The fraction of sp³-hybridized carbons (Fsp3) is 0.200. The van der Waals surface area contributed by atoms with Crippen LogP contribution >= 0.6 is 0 Å². The average Bonchev–Trinajstić information content (AvgIpc) is 3.13. The molecule has 136 valence electrons. The summed E-state index contributed by atoms with van der Waals surface area (Å²) in [5.74, 6) is -0.284. The molecule has 0 bridgehead atoms. The predicted octanol–water partition coefficient (Wildman–Crippen LogP) is 3.08. The van der Waals surface area contributed by atoms with Crippen LogP contribution in [0.1, 0.15) is 29.0 Å².